The summed E-state index contributed by atoms with van der Waals surface area (Å²) < 4.78 is 11.5. The average Bonchev–Trinajstić information content (AvgIpc) is 2.36. The van der Waals surface area contributed by atoms with Crippen molar-refractivity contribution in [2.75, 3.05) is 6.61 Å². The first-order valence-electron chi connectivity index (χ1n) is 7.73. The van der Waals surface area contributed by atoms with Crippen LogP contribution in [0.5, 0.6) is 0 Å². The van der Waals surface area contributed by atoms with Gasteiger partial charge in [-0.15, -0.1) is 0 Å². The molecule has 1 rings (SSSR count). The highest BCUT2D eigenvalue weighted by Crippen LogP contribution is 2.27. The number of hydrogen-bond donors (Lipinski definition) is 1. The van der Waals surface area contributed by atoms with E-state index in [0.717, 1.165) is 12.0 Å². The number of rotatable bonds is 8. The molecule has 0 radical (unpaired) electrons. The number of aliphatic hydroxyl groups excluding tert-OH is 1. The maximum absolute atomic E-state index is 10.3. The summed E-state index contributed by atoms with van der Waals surface area (Å²) in [4.78, 5) is 0. The van der Waals surface area contributed by atoms with Crippen molar-refractivity contribution in [3.8, 4) is 0 Å². The number of ether oxygens (including phenoxy) is 1. The predicted molar refractivity (Wildman–Crippen MR) is 89.6 cm³/mol. The summed E-state index contributed by atoms with van der Waals surface area (Å²) in [5, 5.41) is 10.3. The Balaban J connectivity index is 2.52. The molecule has 0 bridgehead atoms. The summed E-state index contributed by atoms with van der Waals surface area (Å²) in [5.41, 5.74) is 1.30. The molecule has 0 saturated carbocycles. The molecule has 0 heterocycles. The molecule has 2 atom stereocenters. The molecule has 0 fully saturated rings. The monoisotopic (exact) mass is 310 g/mol. The average molecular weight is 311 g/mol. The molecular formula is C17H30O3Si. The van der Waals surface area contributed by atoms with Gasteiger partial charge >= 0.3 is 0 Å². The molecule has 4 heteroatoms. The summed E-state index contributed by atoms with van der Waals surface area (Å²) in [6, 6.07) is 10.1. The quantitative estimate of drug-likeness (QED) is 0.589. The van der Waals surface area contributed by atoms with E-state index in [4.69, 9.17) is 9.16 Å². The summed E-state index contributed by atoms with van der Waals surface area (Å²) >= 11 is 0. The van der Waals surface area contributed by atoms with Crippen LogP contribution >= 0.6 is 0 Å². The van der Waals surface area contributed by atoms with Crippen molar-refractivity contribution < 1.29 is 14.3 Å². The Kier molecular flexibility index (Phi) is 7.60. The fourth-order valence-corrected chi connectivity index (χ4v) is 3.10. The molecule has 0 saturated heterocycles. The van der Waals surface area contributed by atoms with Gasteiger partial charge in [0.05, 0.1) is 13.2 Å². The molecule has 2 unspecified atom stereocenters. The molecule has 120 valence electrons. The molecule has 1 aromatic rings. The third-order valence-corrected chi connectivity index (χ3v) is 3.96. The van der Waals surface area contributed by atoms with E-state index in [-0.39, 0.29) is 11.3 Å². The summed E-state index contributed by atoms with van der Waals surface area (Å²) in [5.74, 6) is 0.0172. The maximum Gasteiger partial charge on any atom is 0.174 e. The fraction of sp³-hybridized carbons (Fsp3) is 0.647. The molecular weight excluding hydrogens is 280 g/mol. The van der Waals surface area contributed by atoms with Gasteiger partial charge in [-0.25, -0.2) is 0 Å². The third kappa shape index (κ3) is 8.36. The zero-order valence-electron chi connectivity index (χ0n) is 14.0. The van der Waals surface area contributed by atoms with E-state index in [1.54, 1.807) is 0 Å². The van der Waals surface area contributed by atoms with Gasteiger partial charge in [-0.1, -0.05) is 51.1 Å². The van der Waals surface area contributed by atoms with Crippen molar-refractivity contribution in [1.82, 2.24) is 0 Å². The van der Waals surface area contributed by atoms with Crippen LogP contribution in [0, 0.1) is 11.3 Å². The van der Waals surface area contributed by atoms with Crippen molar-refractivity contribution in [2.45, 2.75) is 53.2 Å². The highest BCUT2D eigenvalue weighted by atomic mass is 28.3. The van der Waals surface area contributed by atoms with E-state index in [0.29, 0.717) is 13.2 Å². The molecule has 3 nitrogen and oxygen atoms in total. The lowest BCUT2D eigenvalue weighted by Gasteiger charge is -2.30. The van der Waals surface area contributed by atoms with Crippen LogP contribution in [-0.2, 0) is 15.8 Å². The topological polar surface area (TPSA) is 38.7 Å². The Bertz CT molecular complexity index is 387. The van der Waals surface area contributed by atoms with E-state index in [1.807, 2.05) is 30.3 Å². The number of benzene rings is 1. The van der Waals surface area contributed by atoms with Gasteiger partial charge in [0.25, 0.3) is 0 Å². The van der Waals surface area contributed by atoms with Crippen LogP contribution in [0.1, 0.15) is 32.8 Å². The van der Waals surface area contributed by atoms with Gasteiger partial charge < -0.3 is 14.3 Å². The van der Waals surface area contributed by atoms with Crippen LogP contribution < -0.4 is 0 Å². The van der Waals surface area contributed by atoms with Crippen LogP contribution in [0.25, 0.3) is 0 Å². The lowest BCUT2D eigenvalue weighted by Crippen LogP contribution is -2.34. The van der Waals surface area contributed by atoms with Gasteiger partial charge in [-0.3, -0.25) is 0 Å². The van der Waals surface area contributed by atoms with E-state index in [2.05, 4.69) is 33.9 Å². The van der Waals surface area contributed by atoms with Crippen molar-refractivity contribution in [3.05, 3.63) is 35.9 Å². The number of hydrogen-bond acceptors (Lipinski definition) is 3. The normalized spacial score (nSPS) is 15.2. The van der Waals surface area contributed by atoms with Gasteiger partial charge in [0.1, 0.15) is 6.29 Å². The van der Waals surface area contributed by atoms with Crippen molar-refractivity contribution >= 4 is 9.04 Å². The Morgan fingerprint density at radius 3 is 2.29 bits per heavy atom. The molecule has 1 N–H and O–H groups in total. The van der Waals surface area contributed by atoms with Crippen molar-refractivity contribution in [3.63, 3.8) is 0 Å². The molecule has 0 aliphatic carbocycles. The van der Waals surface area contributed by atoms with E-state index in [9.17, 15) is 5.11 Å². The first kappa shape index (κ1) is 18.4. The first-order valence-corrected chi connectivity index (χ1v) is 10.5. The van der Waals surface area contributed by atoms with E-state index < -0.39 is 15.3 Å². The minimum atomic E-state index is -1.25. The maximum atomic E-state index is 10.3. The fourth-order valence-electron chi connectivity index (χ4n) is 2.32. The molecule has 0 amide bonds. The van der Waals surface area contributed by atoms with Crippen molar-refractivity contribution in [1.29, 1.82) is 0 Å². The van der Waals surface area contributed by atoms with E-state index >= 15 is 0 Å². The lowest BCUT2D eigenvalue weighted by atomic mass is 9.84. The smallest absolute Gasteiger partial charge is 0.174 e. The van der Waals surface area contributed by atoms with Gasteiger partial charge in [-0.2, -0.15) is 0 Å². The third-order valence-electron chi connectivity index (χ3n) is 3.13. The zero-order chi connectivity index (χ0) is 15.9. The first-order chi connectivity index (χ1) is 9.78. The van der Waals surface area contributed by atoms with E-state index in [1.165, 1.54) is 0 Å². The Morgan fingerprint density at radius 2 is 1.76 bits per heavy atom. The summed E-state index contributed by atoms with van der Waals surface area (Å²) in [7, 11) is -1.25. The minimum Gasteiger partial charge on any atom is -0.396 e. The van der Waals surface area contributed by atoms with Crippen LogP contribution in [0.2, 0.25) is 13.1 Å². The van der Waals surface area contributed by atoms with Gasteiger partial charge in [0, 0.05) is 5.92 Å². The Morgan fingerprint density at radius 1 is 1.14 bits per heavy atom. The standard InChI is InChI=1S/C17H30O3Si/c1-17(2,3)11-15(16(18)20-21(4)5)13-19-12-14-9-7-6-8-10-14/h6-10,15-16,18,21H,11-13H2,1-5H3. The second-order valence-corrected chi connectivity index (χ2v) is 9.47. The lowest BCUT2D eigenvalue weighted by molar-refractivity contribution is -0.100. The van der Waals surface area contributed by atoms with Gasteiger partial charge in [0.2, 0.25) is 0 Å². The molecule has 0 spiro atoms. The second-order valence-electron chi connectivity index (χ2n) is 7.10. The van der Waals surface area contributed by atoms with Crippen LogP contribution in [0.4, 0.5) is 0 Å². The highest BCUT2D eigenvalue weighted by Gasteiger charge is 2.26. The summed E-state index contributed by atoms with van der Waals surface area (Å²) in [6.45, 7) is 11.8. The molecule has 21 heavy (non-hydrogen) atoms. The van der Waals surface area contributed by atoms with Crippen LogP contribution in [0.15, 0.2) is 30.3 Å². The Labute approximate surface area is 131 Å². The molecule has 0 aliphatic rings. The van der Waals surface area contributed by atoms with Crippen LogP contribution in [0.3, 0.4) is 0 Å². The highest BCUT2D eigenvalue weighted by molar-refractivity contribution is 6.48. The van der Waals surface area contributed by atoms with Crippen LogP contribution in [-0.4, -0.2) is 27.0 Å². The van der Waals surface area contributed by atoms with Gasteiger partial charge in [-0.05, 0) is 30.5 Å². The molecule has 0 aliphatic heterocycles. The number of aliphatic hydroxyl groups is 1. The molecule has 1 aromatic carbocycles. The minimum absolute atomic E-state index is 0.0172. The molecule has 0 aromatic heterocycles. The van der Waals surface area contributed by atoms with Gasteiger partial charge in [0.15, 0.2) is 9.04 Å². The largest absolute Gasteiger partial charge is 0.396 e. The summed E-state index contributed by atoms with van der Waals surface area (Å²) in [6.07, 6.45) is 0.163. The SMILES string of the molecule is C[SiH](C)OC(O)C(COCc1ccccc1)CC(C)(C)C. The Hall–Kier alpha value is -0.683. The zero-order valence-corrected chi connectivity index (χ0v) is 15.2. The predicted octanol–water partition coefficient (Wildman–Crippen LogP) is 3.57. The van der Waals surface area contributed by atoms with Crippen molar-refractivity contribution in [2.24, 2.45) is 11.3 Å². The second kappa shape index (κ2) is 8.69.